The molecule has 5 heteroatoms. The van der Waals surface area contributed by atoms with Crippen LogP contribution in [0.3, 0.4) is 0 Å². The van der Waals surface area contributed by atoms with Crippen molar-refractivity contribution in [3.8, 4) is 11.3 Å². The molecule has 0 radical (unpaired) electrons. The standard InChI is InChI=1S/C14H16N4O/c19-14(18-8-6-15-7-9-18)12-10-16-17-13(12)11-4-2-1-3-5-11/h1-5,10,15H,6-9H2,(H,16,17). The highest BCUT2D eigenvalue weighted by molar-refractivity contribution is 5.99. The van der Waals surface area contributed by atoms with Crippen molar-refractivity contribution in [2.24, 2.45) is 0 Å². The van der Waals surface area contributed by atoms with E-state index < -0.39 is 0 Å². The molecule has 0 bridgehead atoms. The summed E-state index contributed by atoms with van der Waals surface area (Å²) in [5, 5.41) is 10.2. The fourth-order valence-corrected chi connectivity index (χ4v) is 2.31. The number of carbonyl (C=O) groups is 1. The number of nitrogens with zero attached hydrogens (tertiary/aromatic N) is 2. The van der Waals surface area contributed by atoms with Gasteiger partial charge in [0.1, 0.15) is 0 Å². The fourth-order valence-electron chi connectivity index (χ4n) is 2.31. The highest BCUT2D eigenvalue weighted by Crippen LogP contribution is 2.21. The van der Waals surface area contributed by atoms with E-state index in [0.29, 0.717) is 5.56 Å². The van der Waals surface area contributed by atoms with E-state index in [1.54, 1.807) is 6.20 Å². The smallest absolute Gasteiger partial charge is 0.257 e. The third-order valence-electron chi connectivity index (χ3n) is 3.34. The molecule has 1 aromatic heterocycles. The molecule has 0 saturated carbocycles. The predicted molar refractivity (Wildman–Crippen MR) is 72.8 cm³/mol. The first-order valence-corrected chi connectivity index (χ1v) is 6.45. The van der Waals surface area contributed by atoms with E-state index in [1.165, 1.54) is 0 Å². The van der Waals surface area contributed by atoms with Gasteiger partial charge in [-0.2, -0.15) is 5.10 Å². The molecule has 98 valence electrons. The predicted octanol–water partition coefficient (Wildman–Crippen LogP) is 1.12. The van der Waals surface area contributed by atoms with Gasteiger partial charge in [0.25, 0.3) is 5.91 Å². The summed E-state index contributed by atoms with van der Waals surface area (Å²) in [7, 11) is 0. The maximum atomic E-state index is 12.5. The number of carbonyl (C=O) groups excluding carboxylic acids is 1. The summed E-state index contributed by atoms with van der Waals surface area (Å²) in [6, 6.07) is 9.81. The van der Waals surface area contributed by atoms with Gasteiger partial charge in [0, 0.05) is 31.7 Å². The molecule has 1 aliphatic heterocycles. The molecule has 0 atom stereocenters. The Hall–Kier alpha value is -2.14. The molecule has 2 N–H and O–H groups in total. The van der Waals surface area contributed by atoms with Crippen molar-refractivity contribution in [3.63, 3.8) is 0 Å². The normalized spacial score (nSPS) is 15.5. The number of aromatic nitrogens is 2. The number of aromatic amines is 1. The summed E-state index contributed by atoms with van der Waals surface area (Å²) in [6.45, 7) is 3.20. The Kier molecular flexibility index (Phi) is 3.29. The zero-order valence-corrected chi connectivity index (χ0v) is 10.6. The molecule has 1 aromatic carbocycles. The van der Waals surface area contributed by atoms with Crippen LogP contribution < -0.4 is 5.32 Å². The quantitative estimate of drug-likeness (QED) is 0.846. The van der Waals surface area contributed by atoms with Crippen molar-refractivity contribution in [1.82, 2.24) is 20.4 Å². The van der Waals surface area contributed by atoms with Gasteiger partial charge in [0.15, 0.2) is 0 Å². The van der Waals surface area contributed by atoms with E-state index in [0.717, 1.165) is 37.4 Å². The molecular weight excluding hydrogens is 240 g/mol. The second-order valence-electron chi connectivity index (χ2n) is 4.57. The van der Waals surface area contributed by atoms with E-state index in [9.17, 15) is 4.79 Å². The first kappa shape index (κ1) is 11.9. The van der Waals surface area contributed by atoms with Gasteiger partial charge in [-0.15, -0.1) is 0 Å². The van der Waals surface area contributed by atoms with E-state index in [-0.39, 0.29) is 5.91 Å². The molecule has 3 rings (SSSR count). The summed E-state index contributed by atoms with van der Waals surface area (Å²) in [5.41, 5.74) is 2.43. The lowest BCUT2D eigenvalue weighted by atomic mass is 10.1. The van der Waals surface area contributed by atoms with Crippen LogP contribution in [0.2, 0.25) is 0 Å². The number of nitrogens with one attached hydrogen (secondary N) is 2. The van der Waals surface area contributed by atoms with Crippen LogP contribution in [0.15, 0.2) is 36.5 Å². The number of amides is 1. The van der Waals surface area contributed by atoms with Crippen molar-refractivity contribution in [3.05, 3.63) is 42.1 Å². The Morgan fingerprint density at radius 1 is 1.16 bits per heavy atom. The minimum atomic E-state index is 0.0501. The lowest BCUT2D eigenvalue weighted by Crippen LogP contribution is -2.46. The van der Waals surface area contributed by atoms with Crippen LogP contribution in [-0.4, -0.2) is 47.2 Å². The summed E-state index contributed by atoms with van der Waals surface area (Å²) in [6.07, 6.45) is 1.62. The molecule has 5 nitrogen and oxygen atoms in total. The maximum Gasteiger partial charge on any atom is 0.257 e. The lowest BCUT2D eigenvalue weighted by molar-refractivity contribution is 0.0736. The number of H-pyrrole nitrogens is 1. The number of rotatable bonds is 2. The number of benzene rings is 1. The lowest BCUT2D eigenvalue weighted by Gasteiger charge is -2.27. The van der Waals surface area contributed by atoms with Crippen LogP contribution in [0.1, 0.15) is 10.4 Å². The Bertz CT molecular complexity index is 558. The summed E-state index contributed by atoms with van der Waals surface area (Å²) in [5.74, 6) is 0.0501. The third-order valence-corrected chi connectivity index (χ3v) is 3.34. The van der Waals surface area contributed by atoms with Gasteiger partial charge in [-0.05, 0) is 0 Å². The highest BCUT2D eigenvalue weighted by Gasteiger charge is 2.22. The Balaban J connectivity index is 1.89. The van der Waals surface area contributed by atoms with Crippen molar-refractivity contribution in [2.75, 3.05) is 26.2 Å². The van der Waals surface area contributed by atoms with Crippen molar-refractivity contribution in [1.29, 1.82) is 0 Å². The largest absolute Gasteiger partial charge is 0.336 e. The van der Waals surface area contributed by atoms with Gasteiger partial charge in [-0.1, -0.05) is 30.3 Å². The van der Waals surface area contributed by atoms with E-state index in [1.807, 2.05) is 35.2 Å². The van der Waals surface area contributed by atoms with Crippen LogP contribution in [0, 0.1) is 0 Å². The second-order valence-corrected chi connectivity index (χ2v) is 4.57. The maximum absolute atomic E-state index is 12.5. The first-order chi connectivity index (χ1) is 9.36. The van der Waals surface area contributed by atoms with E-state index >= 15 is 0 Å². The van der Waals surface area contributed by atoms with Crippen LogP contribution >= 0.6 is 0 Å². The molecular formula is C14H16N4O. The van der Waals surface area contributed by atoms with Gasteiger partial charge < -0.3 is 10.2 Å². The van der Waals surface area contributed by atoms with Crippen LogP contribution in [0.25, 0.3) is 11.3 Å². The molecule has 0 unspecified atom stereocenters. The Morgan fingerprint density at radius 2 is 1.89 bits per heavy atom. The van der Waals surface area contributed by atoms with Crippen LogP contribution in [-0.2, 0) is 0 Å². The van der Waals surface area contributed by atoms with Gasteiger partial charge in [-0.25, -0.2) is 0 Å². The van der Waals surface area contributed by atoms with Gasteiger partial charge in [0.05, 0.1) is 17.5 Å². The van der Waals surface area contributed by atoms with Crippen molar-refractivity contribution >= 4 is 5.91 Å². The van der Waals surface area contributed by atoms with E-state index in [4.69, 9.17) is 0 Å². The molecule has 1 fully saturated rings. The minimum absolute atomic E-state index is 0.0501. The minimum Gasteiger partial charge on any atom is -0.336 e. The van der Waals surface area contributed by atoms with Gasteiger partial charge >= 0.3 is 0 Å². The highest BCUT2D eigenvalue weighted by atomic mass is 16.2. The number of piperazine rings is 1. The Labute approximate surface area is 111 Å². The molecule has 1 amide bonds. The topological polar surface area (TPSA) is 61.0 Å². The average molecular weight is 256 g/mol. The molecule has 2 heterocycles. The monoisotopic (exact) mass is 256 g/mol. The fraction of sp³-hybridized carbons (Fsp3) is 0.286. The zero-order chi connectivity index (χ0) is 13.1. The summed E-state index contributed by atoms with van der Waals surface area (Å²) in [4.78, 5) is 14.4. The SMILES string of the molecule is O=C(c1cn[nH]c1-c1ccccc1)N1CCNCC1. The average Bonchev–Trinajstić information content (AvgIpc) is 2.98. The van der Waals surface area contributed by atoms with Gasteiger partial charge in [0.2, 0.25) is 0 Å². The number of hydrogen-bond donors (Lipinski definition) is 2. The molecule has 2 aromatic rings. The summed E-state index contributed by atoms with van der Waals surface area (Å²) >= 11 is 0. The van der Waals surface area contributed by atoms with Crippen LogP contribution in [0.4, 0.5) is 0 Å². The zero-order valence-electron chi connectivity index (χ0n) is 10.6. The van der Waals surface area contributed by atoms with Crippen molar-refractivity contribution in [2.45, 2.75) is 0 Å². The van der Waals surface area contributed by atoms with Crippen molar-refractivity contribution < 1.29 is 4.79 Å². The molecule has 19 heavy (non-hydrogen) atoms. The molecule has 1 saturated heterocycles. The second kappa shape index (κ2) is 5.24. The first-order valence-electron chi connectivity index (χ1n) is 6.45. The third kappa shape index (κ3) is 2.37. The molecule has 0 aliphatic carbocycles. The van der Waals surface area contributed by atoms with Gasteiger partial charge in [-0.3, -0.25) is 9.89 Å². The van der Waals surface area contributed by atoms with E-state index in [2.05, 4.69) is 15.5 Å². The summed E-state index contributed by atoms with van der Waals surface area (Å²) < 4.78 is 0. The molecule has 0 spiro atoms. The molecule has 1 aliphatic rings. The number of hydrogen-bond acceptors (Lipinski definition) is 3. The van der Waals surface area contributed by atoms with Crippen LogP contribution in [0.5, 0.6) is 0 Å². The Morgan fingerprint density at radius 3 is 2.63 bits per heavy atom.